The molecule has 1 unspecified atom stereocenters. The van der Waals surface area contributed by atoms with Crippen LogP contribution in [-0.4, -0.2) is 11.0 Å². The second-order valence-corrected chi connectivity index (χ2v) is 5.10. The van der Waals surface area contributed by atoms with Crippen LogP contribution in [0, 0.1) is 6.92 Å². The summed E-state index contributed by atoms with van der Waals surface area (Å²) >= 11 is 6.13. The molecule has 0 bridgehead atoms. The fraction of sp³-hybridized carbons (Fsp3) is 0.133. The summed E-state index contributed by atoms with van der Waals surface area (Å²) in [6.07, 6.45) is 0. The SMILES string of the molecule is Cc1ccc2c(c1)C(O)(c1ccccc1Cl)C(=O)N2. The Bertz CT molecular complexity index is 684. The molecule has 0 aromatic heterocycles. The van der Waals surface area contributed by atoms with Gasteiger partial charge in [-0.25, -0.2) is 0 Å². The van der Waals surface area contributed by atoms with Gasteiger partial charge in [-0.05, 0) is 19.1 Å². The van der Waals surface area contributed by atoms with E-state index < -0.39 is 11.5 Å². The second kappa shape index (κ2) is 4.08. The van der Waals surface area contributed by atoms with Gasteiger partial charge < -0.3 is 10.4 Å². The van der Waals surface area contributed by atoms with Gasteiger partial charge in [-0.2, -0.15) is 0 Å². The second-order valence-electron chi connectivity index (χ2n) is 4.69. The van der Waals surface area contributed by atoms with Crippen molar-refractivity contribution in [1.82, 2.24) is 0 Å². The zero-order valence-corrected chi connectivity index (χ0v) is 11.0. The van der Waals surface area contributed by atoms with E-state index in [4.69, 9.17) is 11.6 Å². The van der Waals surface area contributed by atoms with Gasteiger partial charge in [0.15, 0.2) is 5.60 Å². The first kappa shape index (κ1) is 12.2. The number of anilines is 1. The molecule has 0 radical (unpaired) electrons. The Kier molecular flexibility index (Phi) is 2.62. The average Bonchev–Trinajstić information content (AvgIpc) is 2.64. The summed E-state index contributed by atoms with van der Waals surface area (Å²) in [6, 6.07) is 12.3. The lowest BCUT2D eigenvalue weighted by molar-refractivity contribution is -0.129. The van der Waals surface area contributed by atoms with Crippen LogP contribution in [0.5, 0.6) is 0 Å². The number of amides is 1. The third kappa shape index (κ3) is 1.66. The summed E-state index contributed by atoms with van der Waals surface area (Å²) in [5.41, 5.74) is 0.822. The maximum Gasteiger partial charge on any atom is 0.265 e. The monoisotopic (exact) mass is 273 g/mol. The number of benzene rings is 2. The van der Waals surface area contributed by atoms with Crippen LogP contribution in [0.2, 0.25) is 5.02 Å². The van der Waals surface area contributed by atoms with Crippen molar-refractivity contribution in [1.29, 1.82) is 0 Å². The van der Waals surface area contributed by atoms with E-state index in [2.05, 4.69) is 5.32 Å². The molecule has 3 nitrogen and oxygen atoms in total. The minimum absolute atomic E-state index is 0.370. The molecular weight excluding hydrogens is 262 g/mol. The predicted octanol–water partition coefficient (Wildman–Crippen LogP) is 2.84. The molecule has 1 amide bonds. The van der Waals surface area contributed by atoms with Crippen molar-refractivity contribution in [3.8, 4) is 0 Å². The largest absolute Gasteiger partial charge is 0.372 e. The summed E-state index contributed by atoms with van der Waals surface area (Å²) in [6.45, 7) is 1.91. The van der Waals surface area contributed by atoms with Crippen molar-refractivity contribution < 1.29 is 9.90 Å². The standard InChI is InChI=1S/C15H12ClNO2/c1-9-6-7-13-11(8-9)15(19,14(18)17-13)10-4-2-3-5-12(10)16/h2-8,19H,1H3,(H,17,18). The quantitative estimate of drug-likeness (QED) is 0.839. The molecule has 2 aromatic carbocycles. The Hall–Kier alpha value is -1.84. The zero-order chi connectivity index (χ0) is 13.6. The molecule has 0 aliphatic carbocycles. The molecule has 0 saturated heterocycles. The van der Waals surface area contributed by atoms with E-state index in [0.29, 0.717) is 21.8 Å². The summed E-state index contributed by atoms with van der Waals surface area (Å²) in [4.78, 5) is 12.2. The van der Waals surface area contributed by atoms with Crippen LogP contribution < -0.4 is 5.32 Å². The lowest BCUT2D eigenvalue weighted by Gasteiger charge is -2.22. The summed E-state index contributed by atoms with van der Waals surface area (Å²) < 4.78 is 0. The van der Waals surface area contributed by atoms with E-state index in [9.17, 15) is 9.90 Å². The van der Waals surface area contributed by atoms with Gasteiger partial charge in [0.1, 0.15) is 0 Å². The maximum atomic E-state index is 12.2. The highest BCUT2D eigenvalue weighted by molar-refractivity contribution is 6.32. The minimum atomic E-state index is -1.72. The van der Waals surface area contributed by atoms with E-state index in [-0.39, 0.29) is 0 Å². The molecule has 19 heavy (non-hydrogen) atoms. The molecule has 4 heteroatoms. The van der Waals surface area contributed by atoms with Gasteiger partial charge in [0.25, 0.3) is 5.91 Å². The third-order valence-electron chi connectivity index (χ3n) is 3.41. The van der Waals surface area contributed by atoms with Crippen molar-refractivity contribution in [3.63, 3.8) is 0 Å². The van der Waals surface area contributed by atoms with Gasteiger partial charge in [0.2, 0.25) is 0 Å². The Labute approximate surface area is 115 Å². The fourth-order valence-electron chi connectivity index (χ4n) is 2.42. The number of hydrogen-bond acceptors (Lipinski definition) is 2. The predicted molar refractivity (Wildman–Crippen MR) is 74.3 cm³/mol. The lowest BCUT2D eigenvalue weighted by Crippen LogP contribution is -2.35. The number of aliphatic hydroxyl groups is 1. The van der Waals surface area contributed by atoms with E-state index in [0.717, 1.165) is 5.56 Å². The zero-order valence-electron chi connectivity index (χ0n) is 10.3. The van der Waals surface area contributed by atoms with Gasteiger partial charge in [0.05, 0.1) is 0 Å². The van der Waals surface area contributed by atoms with Crippen molar-refractivity contribution in [2.24, 2.45) is 0 Å². The molecule has 1 atom stereocenters. The molecular formula is C15H12ClNO2. The number of rotatable bonds is 1. The Morgan fingerprint density at radius 1 is 1.16 bits per heavy atom. The highest BCUT2D eigenvalue weighted by Crippen LogP contribution is 2.43. The number of nitrogens with one attached hydrogen (secondary N) is 1. The van der Waals surface area contributed by atoms with Crippen LogP contribution in [0.15, 0.2) is 42.5 Å². The Balaban J connectivity index is 2.28. The lowest BCUT2D eigenvalue weighted by atomic mass is 9.87. The number of carbonyl (C=O) groups is 1. The highest BCUT2D eigenvalue weighted by Gasteiger charge is 2.47. The summed E-state index contributed by atoms with van der Waals surface area (Å²) in [7, 11) is 0. The van der Waals surface area contributed by atoms with E-state index in [1.54, 1.807) is 36.4 Å². The molecule has 1 heterocycles. The first-order valence-electron chi connectivity index (χ1n) is 5.93. The van der Waals surface area contributed by atoms with Gasteiger partial charge in [-0.3, -0.25) is 4.79 Å². The van der Waals surface area contributed by atoms with Crippen molar-refractivity contribution in [2.45, 2.75) is 12.5 Å². The third-order valence-corrected chi connectivity index (χ3v) is 3.73. The van der Waals surface area contributed by atoms with Crippen LogP contribution >= 0.6 is 11.6 Å². The first-order chi connectivity index (χ1) is 9.03. The van der Waals surface area contributed by atoms with Gasteiger partial charge in [-0.15, -0.1) is 0 Å². The summed E-state index contributed by atoms with van der Waals surface area (Å²) in [5.74, 6) is -0.471. The van der Waals surface area contributed by atoms with Crippen LogP contribution in [0.1, 0.15) is 16.7 Å². The average molecular weight is 274 g/mol. The molecule has 1 aliphatic rings. The molecule has 0 saturated carbocycles. The minimum Gasteiger partial charge on any atom is -0.372 e. The number of halogens is 1. The molecule has 1 aliphatic heterocycles. The number of fused-ring (bicyclic) bond motifs is 1. The summed E-state index contributed by atoms with van der Waals surface area (Å²) in [5, 5.41) is 14.0. The molecule has 0 fully saturated rings. The number of hydrogen-bond donors (Lipinski definition) is 2. The number of carbonyl (C=O) groups excluding carboxylic acids is 1. The first-order valence-corrected chi connectivity index (χ1v) is 6.31. The molecule has 2 N–H and O–H groups in total. The van der Waals surface area contributed by atoms with Crippen molar-refractivity contribution >= 4 is 23.2 Å². The normalized spacial score (nSPS) is 21.1. The van der Waals surface area contributed by atoms with Gasteiger partial charge in [0, 0.05) is 21.8 Å². The molecule has 96 valence electrons. The van der Waals surface area contributed by atoms with Crippen LogP contribution in [0.25, 0.3) is 0 Å². The Morgan fingerprint density at radius 3 is 2.63 bits per heavy atom. The van der Waals surface area contributed by atoms with Crippen LogP contribution in [0.3, 0.4) is 0 Å². The van der Waals surface area contributed by atoms with Gasteiger partial charge in [-0.1, -0.05) is 47.5 Å². The molecule has 2 aromatic rings. The van der Waals surface area contributed by atoms with E-state index >= 15 is 0 Å². The highest BCUT2D eigenvalue weighted by atomic mass is 35.5. The maximum absolute atomic E-state index is 12.2. The van der Waals surface area contributed by atoms with E-state index in [1.165, 1.54) is 0 Å². The number of aryl methyl sites for hydroxylation is 1. The smallest absolute Gasteiger partial charge is 0.265 e. The van der Waals surface area contributed by atoms with E-state index in [1.807, 2.05) is 13.0 Å². The van der Waals surface area contributed by atoms with Crippen molar-refractivity contribution in [2.75, 3.05) is 5.32 Å². The fourth-order valence-corrected chi connectivity index (χ4v) is 2.70. The Morgan fingerprint density at radius 2 is 1.89 bits per heavy atom. The van der Waals surface area contributed by atoms with Crippen LogP contribution in [0.4, 0.5) is 5.69 Å². The molecule has 3 rings (SSSR count). The van der Waals surface area contributed by atoms with Gasteiger partial charge >= 0.3 is 0 Å². The molecule has 0 spiro atoms. The topological polar surface area (TPSA) is 49.3 Å². The van der Waals surface area contributed by atoms with Crippen LogP contribution in [-0.2, 0) is 10.4 Å². The van der Waals surface area contributed by atoms with Crippen molar-refractivity contribution in [3.05, 3.63) is 64.2 Å².